The van der Waals surface area contributed by atoms with Crippen molar-refractivity contribution in [2.45, 2.75) is 50.7 Å². The van der Waals surface area contributed by atoms with Gasteiger partial charge in [-0.25, -0.2) is 4.79 Å². The van der Waals surface area contributed by atoms with Crippen molar-refractivity contribution in [3.8, 4) is 11.8 Å². The average Bonchev–Trinajstić information content (AvgIpc) is 3.24. The topological polar surface area (TPSA) is 114 Å². The van der Waals surface area contributed by atoms with E-state index in [-0.39, 0.29) is 18.2 Å². The molecule has 0 radical (unpaired) electrons. The number of rotatable bonds is 4. The highest BCUT2D eigenvalue weighted by atomic mass is 16.4. The Morgan fingerprint density at radius 3 is 2.49 bits per heavy atom. The summed E-state index contributed by atoms with van der Waals surface area (Å²) >= 11 is 0. The molecule has 0 bridgehead atoms. The van der Waals surface area contributed by atoms with E-state index in [1.54, 1.807) is 11.0 Å². The van der Waals surface area contributed by atoms with E-state index in [2.05, 4.69) is 27.0 Å². The zero-order chi connectivity index (χ0) is 25.9. The molecular formula is C27H33N5O5. The van der Waals surface area contributed by atoms with Crippen LogP contribution in [0.1, 0.15) is 53.6 Å². The molecule has 4 heterocycles. The summed E-state index contributed by atoms with van der Waals surface area (Å²) in [6.45, 7) is 6.41. The Morgan fingerprint density at radius 1 is 1.03 bits per heavy atom. The molecule has 10 nitrogen and oxygen atoms in total. The highest BCUT2D eigenvalue weighted by Gasteiger charge is 2.39. The Kier molecular flexibility index (Phi) is 7.44. The summed E-state index contributed by atoms with van der Waals surface area (Å²) in [4.78, 5) is 55.9. The van der Waals surface area contributed by atoms with Crippen LogP contribution >= 0.6 is 0 Å². The van der Waals surface area contributed by atoms with Gasteiger partial charge >= 0.3 is 6.09 Å². The van der Waals surface area contributed by atoms with Gasteiger partial charge in [-0.2, -0.15) is 0 Å². The summed E-state index contributed by atoms with van der Waals surface area (Å²) < 4.78 is 0. The van der Waals surface area contributed by atoms with Crippen LogP contribution < -0.4 is 5.32 Å². The Morgan fingerprint density at radius 2 is 1.78 bits per heavy atom. The van der Waals surface area contributed by atoms with E-state index in [0.29, 0.717) is 37.7 Å². The second-order valence-electron chi connectivity index (χ2n) is 10.2. The minimum absolute atomic E-state index is 0.181. The fourth-order valence-electron chi connectivity index (χ4n) is 5.85. The number of carbonyl (C=O) groups is 4. The maximum atomic E-state index is 13.0. The van der Waals surface area contributed by atoms with E-state index in [4.69, 9.17) is 5.11 Å². The first kappa shape index (κ1) is 25.2. The van der Waals surface area contributed by atoms with Crippen molar-refractivity contribution in [2.24, 2.45) is 0 Å². The molecule has 0 aromatic heterocycles. The summed E-state index contributed by atoms with van der Waals surface area (Å²) in [5.74, 6) is 5.64. The number of carboxylic acid groups (broad SMARTS) is 1. The van der Waals surface area contributed by atoms with Crippen molar-refractivity contribution in [1.29, 1.82) is 0 Å². The Balaban J connectivity index is 1.11. The fourth-order valence-corrected chi connectivity index (χ4v) is 5.85. The zero-order valence-corrected chi connectivity index (χ0v) is 20.9. The Hall–Kier alpha value is -3.42. The van der Waals surface area contributed by atoms with Crippen molar-refractivity contribution in [1.82, 2.24) is 24.9 Å². The number of amides is 4. The lowest BCUT2D eigenvalue weighted by molar-refractivity contribution is -0.136. The van der Waals surface area contributed by atoms with Crippen molar-refractivity contribution in [2.75, 3.05) is 45.8 Å². The number of nitrogens with one attached hydrogen (secondary N) is 1. The van der Waals surface area contributed by atoms with E-state index < -0.39 is 18.0 Å². The lowest BCUT2D eigenvalue weighted by atomic mass is 10.0. The van der Waals surface area contributed by atoms with Gasteiger partial charge in [-0.15, -0.1) is 0 Å². The van der Waals surface area contributed by atoms with E-state index in [9.17, 15) is 19.2 Å². The van der Waals surface area contributed by atoms with Crippen LogP contribution in [0.25, 0.3) is 0 Å². The largest absolute Gasteiger partial charge is 0.465 e. The van der Waals surface area contributed by atoms with Crippen molar-refractivity contribution in [3.05, 3.63) is 34.9 Å². The highest BCUT2D eigenvalue weighted by Crippen LogP contribution is 2.29. The SMILES string of the molecule is O=C1CCC(N2Cc3c(C#CCCN4CCN(C5CCN(C(=O)O)CC5)CC4)cccc3C2=O)C(=O)N1. The molecule has 5 rings (SSSR count). The molecule has 4 aliphatic rings. The maximum Gasteiger partial charge on any atom is 0.407 e. The molecule has 1 atom stereocenters. The van der Waals surface area contributed by atoms with E-state index >= 15 is 0 Å². The zero-order valence-electron chi connectivity index (χ0n) is 20.9. The minimum atomic E-state index is -0.817. The first-order chi connectivity index (χ1) is 17.9. The molecule has 1 unspecified atom stereocenters. The smallest absolute Gasteiger partial charge is 0.407 e. The number of carbonyl (C=O) groups excluding carboxylic acids is 3. The first-order valence-electron chi connectivity index (χ1n) is 13.1. The Labute approximate surface area is 216 Å². The number of hydrogen-bond donors (Lipinski definition) is 2. The molecule has 2 N–H and O–H groups in total. The number of benzene rings is 1. The lowest BCUT2D eigenvalue weighted by Crippen LogP contribution is -2.53. The van der Waals surface area contributed by atoms with Crippen LogP contribution in [0.2, 0.25) is 0 Å². The second kappa shape index (κ2) is 10.9. The molecule has 0 saturated carbocycles. The van der Waals surface area contributed by atoms with Crippen LogP contribution in [0.3, 0.4) is 0 Å². The van der Waals surface area contributed by atoms with Gasteiger partial charge in [0.05, 0.1) is 0 Å². The lowest BCUT2D eigenvalue weighted by Gasteiger charge is -2.42. The third-order valence-corrected chi connectivity index (χ3v) is 8.02. The van der Waals surface area contributed by atoms with Gasteiger partial charge in [0.25, 0.3) is 5.91 Å². The monoisotopic (exact) mass is 507 g/mol. The second-order valence-corrected chi connectivity index (χ2v) is 10.2. The van der Waals surface area contributed by atoms with Gasteiger partial charge in [0, 0.05) is 82.4 Å². The van der Waals surface area contributed by atoms with E-state index in [1.807, 2.05) is 12.1 Å². The number of imide groups is 1. The van der Waals surface area contributed by atoms with Crippen LogP contribution in [0.15, 0.2) is 18.2 Å². The molecule has 1 aromatic carbocycles. The van der Waals surface area contributed by atoms with Gasteiger partial charge < -0.3 is 14.9 Å². The van der Waals surface area contributed by atoms with Gasteiger partial charge in [0.1, 0.15) is 6.04 Å². The predicted molar refractivity (Wildman–Crippen MR) is 135 cm³/mol. The average molecular weight is 508 g/mol. The van der Waals surface area contributed by atoms with Gasteiger partial charge in [0.15, 0.2) is 0 Å². The number of fused-ring (bicyclic) bond motifs is 1. The van der Waals surface area contributed by atoms with E-state index in [0.717, 1.165) is 63.1 Å². The third kappa shape index (κ3) is 5.48. The summed E-state index contributed by atoms with van der Waals surface area (Å²) in [6, 6.07) is 5.37. The van der Waals surface area contributed by atoms with Gasteiger partial charge in [-0.05, 0) is 37.0 Å². The minimum Gasteiger partial charge on any atom is -0.465 e. The first-order valence-corrected chi connectivity index (χ1v) is 13.1. The molecule has 196 valence electrons. The van der Waals surface area contributed by atoms with Crippen LogP contribution in [0.5, 0.6) is 0 Å². The molecule has 0 aliphatic carbocycles. The number of hydrogen-bond acceptors (Lipinski definition) is 6. The van der Waals surface area contributed by atoms with Crippen molar-refractivity contribution >= 4 is 23.8 Å². The molecular weight excluding hydrogens is 474 g/mol. The maximum absolute atomic E-state index is 13.0. The number of likely N-dealkylation sites (tertiary alicyclic amines) is 1. The highest BCUT2D eigenvalue weighted by molar-refractivity contribution is 6.05. The molecule has 4 aliphatic heterocycles. The predicted octanol–water partition coefficient (Wildman–Crippen LogP) is 0.949. The molecule has 0 spiro atoms. The molecule has 3 fully saturated rings. The standard InChI is InChI=1S/C27H33N5O5/c33-24-8-7-23(25(34)28-24)32-18-22-19(5-3-6-21(22)26(32)35)4-1-2-11-29-14-16-30(17-15-29)20-9-12-31(13-10-20)27(36)37/h3,5-6,20,23H,2,7-18H2,(H,36,37)(H,28,33,34). The summed E-state index contributed by atoms with van der Waals surface area (Å²) in [5.41, 5.74) is 2.26. The third-order valence-electron chi connectivity index (χ3n) is 8.02. The fraction of sp³-hybridized carbons (Fsp3) is 0.556. The number of nitrogens with zero attached hydrogens (tertiary/aromatic N) is 4. The van der Waals surface area contributed by atoms with Crippen molar-refractivity contribution in [3.63, 3.8) is 0 Å². The number of piperidine rings is 2. The normalized spacial score (nSPS) is 23.5. The summed E-state index contributed by atoms with van der Waals surface area (Å²) in [5, 5.41) is 11.5. The molecule has 1 aromatic rings. The summed E-state index contributed by atoms with van der Waals surface area (Å²) in [7, 11) is 0. The molecule has 3 saturated heterocycles. The van der Waals surface area contributed by atoms with Crippen LogP contribution in [-0.2, 0) is 16.1 Å². The number of piperazine rings is 1. The van der Waals surface area contributed by atoms with Crippen LogP contribution in [-0.4, -0.2) is 106 Å². The quantitative estimate of drug-likeness (QED) is 0.461. The van der Waals surface area contributed by atoms with Gasteiger partial charge in [-0.1, -0.05) is 17.9 Å². The van der Waals surface area contributed by atoms with Gasteiger partial charge in [-0.3, -0.25) is 29.5 Å². The van der Waals surface area contributed by atoms with E-state index in [1.165, 1.54) is 4.90 Å². The van der Waals surface area contributed by atoms with Crippen LogP contribution in [0, 0.1) is 11.8 Å². The molecule has 10 heteroatoms. The van der Waals surface area contributed by atoms with Crippen LogP contribution in [0.4, 0.5) is 4.79 Å². The molecule has 4 amide bonds. The summed E-state index contributed by atoms with van der Waals surface area (Å²) in [6.07, 6.45) is 2.31. The van der Waals surface area contributed by atoms with Crippen molar-refractivity contribution < 1.29 is 24.3 Å². The molecule has 37 heavy (non-hydrogen) atoms. The Bertz CT molecular complexity index is 1140. The van der Waals surface area contributed by atoms with Gasteiger partial charge in [0.2, 0.25) is 11.8 Å².